The van der Waals surface area contributed by atoms with Crippen LogP contribution in [-0.4, -0.2) is 9.97 Å². The van der Waals surface area contributed by atoms with Crippen LogP contribution >= 0.6 is 0 Å². The van der Waals surface area contributed by atoms with Crippen molar-refractivity contribution < 1.29 is 0 Å². The summed E-state index contributed by atoms with van der Waals surface area (Å²) in [5, 5.41) is 0. The second-order valence-corrected chi connectivity index (χ2v) is 4.21. The Morgan fingerprint density at radius 2 is 1.82 bits per heavy atom. The first-order valence-corrected chi connectivity index (χ1v) is 6.23. The monoisotopic (exact) mass is 230 g/mol. The second-order valence-electron chi connectivity index (χ2n) is 4.21. The zero-order valence-corrected chi connectivity index (χ0v) is 10.6. The van der Waals surface area contributed by atoms with Gasteiger partial charge in [-0.05, 0) is 36.5 Å². The summed E-state index contributed by atoms with van der Waals surface area (Å²) in [6.07, 6.45) is 4.44. The van der Waals surface area contributed by atoms with Crippen molar-refractivity contribution in [2.45, 2.75) is 40.0 Å². The Morgan fingerprint density at radius 3 is 2.41 bits per heavy atom. The van der Waals surface area contributed by atoms with Crippen LogP contribution in [0, 0.1) is 0 Å². The molecular formula is C14H18N2O. The highest BCUT2D eigenvalue weighted by atomic mass is 16.1. The van der Waals surface area contributed by atoms with Gasteiger partial charge < -0.3 is 4.98 Å². The van der Waals surface area contributed by atoms with Crippen LogP contribution < -0.4 is 5.56 Å². The summed E-state index contributed by atoms with van der Waals surface area (Å²) in [6.45, 7) is 6.17. The number of rotatable bonds is 3. The molecule has 0 unspecified atom stereocenters. The van der Waals surface area contributed by atoms with E-state index in [-0.39, 0.29) is 5.56 Å². The molecule has 1 N–H and O–H groups in total. The molecule has 17 heavy (non-hydrogen) atoms. The Labute approximate surface area is 101 Å². The fourth-order valence-electron chi connectivity index (χ4n) is 2.27. The summed E-state index contributed by atoms with van der Waals surface area (Å²) < 4.78 is 0. The lowest BCUT2D eigenvalue weighted by Crippen LogP contribution is -2.16. The summed E-state index contributed by atoms with van der Waals surface area (Å²) >= 11 is 0. The number of nitrogens with zero attached hydrogens (tertiary/aromatic N) is 1. The molecule has 0 fully saturated rings. The summed E-state index contributed by atoms with van der Waals surface area (Å²) in [6, 6.07) is 2.03. The van der Waals surface area contributed by atoms with Crippen LogP contribution in [0.3, 0.4) is 0 Å². The van der Waals surface area contributed by atoms with E-state index in [2.05, 4.69) is 23.8 Å². The van der Waals surface area contributed by atoms with Gasteiger partial charge in [-0.15, -0.1) is 0 Å². The second kappa shape index (κ2) is 4.70. The minimum absolute atomic E-state index is 0.0342. The fraction of sp³-hybridized carbons (Fsp3) is 0.429. The highest BCUT2D eigenvalue weighted by molar-refractivity contribution is 5.79. The average Bonchev–Trinajstić information content (AvgIpc) is 2.36. The average molecular weight is 230 g/mol. The first-order chi connectivity index (χ1) is 8.21. The molecule has 0 bridgehead atoms. The molecule has 0 saturated heterocycles. The molecule has 3 nitrogen and oxygen atoms in total. The summed E-state index contributed by atoms with van der Waals surface area (Å²) in [4.78, 5) is 19.4. The van der Waals surface area contributed by atoms with Crippen molar-refractivity contribution >= 4 is 11.0 Å². The molecule has 2 aromatic rings. The van der Waals surface area contributed by atoms with E-state index in [1.54, 1.807) is 0 Å². The minimum atomic E-state index is 0.0342. The third-order valence-corrected chi connectivity index (χ3v) is 3.23. The standard InChI is InChI=1S/C14H18N2O/c1-4-9-7-12-13(15-8-9)10(5-2)11(6-3)14(17)16-12/h7-8H,4-6H2,1-3H3,(H,16,17). The predicted octanol–water partition coefficient (Wildman–Crippen LogP) is 2.61. The van der Waals surface area contributed by atoms with Crippen molar-refractivity contribution in [1.29, 1.82) is 0 Å². The molecule has 0 atom stereocenters. The maximum absolute atomic E-state index is 12.0. The highest BCUT2D eigenvalue weighted by Crippen LogP contribution is 2.18. The van der Waals surface area contributed by atoms with Crippen LogP contribution in [0.1, 0.15) is 37.5 Å². The highest BCUT2D eigenvalue weighted by Gasteiger charge is 2.10. The number of pyridine rings is 2. The molecule has 90 valence electrons. The summed E-state index contributed by atoms with van der Waals surface area (Å²) in [7, 11) is 0. The maximum Gasteiger partial charge on any atom is 0.251 e. The first kappa shape index (κ1) is 11.8. The molecule has 0 aliphatic heterocycles. The molecule has 0 radical (unpaired) electrons. The summed E-state index contributed by atoms with van der Waals surface area (Å²) in [5.74, 6) is 0. The Hall–Kier alpha value is -1.64. The molecule has 0 amide bonds. The fourth-order valence-corrected chi connectivity index (χ4v) is 2.27. The normalized spacial score (nSPS) is 11.0. The van der Waals surface area contributed by atoms with Crippen LogP contribution in [-0.2, 0) is 19.3 Å². The Bertz CT molecular complexity index is 599. The quantitative estimate of drug-likeness (QED) is 0.881. The van der Waals surface area contributed by atoms with Crippen molar-refractivity contribution in [1.82, 2.24) is 9.97 Å². The molecule has 0 aromatic carbocycles. The van der Waals surface area contributed by atoms with Crippen molar-refractivity contribution in [3.63, 3.8) is 0 Å². The Balaban J connectivity index is 2.82. The van der Waals surface area contributed by atoms with Crippen molar-refractivity contribution in [3.05, 3.63) is 39.3 Å². The van der Waals surface area contributed by atoms with Crippen LogP contribution in [0.25, 0.3) is 11.0 Å². The number of fused-ring (bicyclic) bond motifs is 1. The van der Waals surface area contributed by atoms with Gasteiger partial charge in [-0.2, -0.15) is 0 Å². The predicted molar refractivity (Wildman–Crippen MR) is 70.5 cm³/mol. The van der Waals surface area contributed by atoms with Crippen LogP contribution in [0.2, 0.25) is 0 Å². The van der Waals surface area contributed by atoms with Gasteiger partial charge in [0.2, 0.25) is 0 Å². The van der Waals surface area contributed by atoms with Gasteiger partial charge in [0.25, 0.3) is 5.56 Å². The molecule has 2 heterocycles. The van der Waals surface area contributed by atoms with Gasteiger partial charge in [0.1, 0.15) is 0 Å². The van der Waals surface area contributed by atoms with E-state index in [0.29, 0.717) is 0 Å². The van der Waals surface area contributed by atoms with Gasteiger partial charge in [-0.25, -0.2) is 0 Å². The number of aromatic amines is 1. The third kappa shape index (κ3) is 1.97. The van der Waals surface area contributed by atoms with Crippen molar-refractivity contribution in [3.8, 4) is 0 Å². The van der Waals surface area contributed by atoms with Gasteiger partial charge in [0.15, 0.2) is 0 Å². The van der Waals surface area contributed by atoms with Gasteiger partial charge in [-0.1, -0.05) is 20.8 Å². The largest absolute Gasteiger partial charge is 0.320 e. The number of nitrogens with one attached hydrogen (secondary N) is 1. The SMILES string of the molecule is CCc1cnc2c(CC)c(CC)c(=O)[nH]c2c1. The minimum Gasteiger partial charge on any atom is -0.320 e. The zero-order valence-electron chi connectivity index (χ0n) is 10.6. The van der Waals surface area contributed by atoms with Gasteiger partial charge in [0.05, 0.1) is 11.0 Å². The molecule has 0 aliphatic carbocycles. The van der Waals surface area contributed by atoms with E-state index >= 15 is 0 Å². The Morgan fingerprint density at radius 1 is 1.12 bits per heavy atom. The van der Waals surface area contributed by atoms with E-state index in [9.17, 15) is 4.79 Å². The molecule has 0 saturated carbocycles. The van der Waals surface area contributed by atoms with Crippen LogP contribution in [0.15, 0.2) is 17.1 Å². The number of hydrogen-bond acceptors (Lipinski definition) is 2. The molecule has 2 rings (SSSR count). The van der Waals surface area contributed by atoms with E-state index in [4.69, 9.17) is 0 Å². The summed E-state index contributed by atoms with van der Waals surface area (Å²) in [5.41, 5.74) is 4.96. The lowest BCUT2D eigenvalue weighted by Gasteiger charge is -2.09. The van der Waals surface area contributed by atoms with Crippen molar-refractivity contribution in [2.75, 3.05) is 0 Å². The number of aromatic nitrogens is 2. The lowest BCUT2D eigenvalue weighted by atomic mass is 10.0. The third-order valence-electron chi connectivity index (χ3n) is 3.23. The van der Waals surface area contributed by atoms with E-state index in [1.807, 2.05) is 19.2 Å². The molecule has 0 aliphatic rings. The number of aryl methyl sites for hydroxylation is 2. The van der Waals surface area contributed by atoms with Crippen LogP contribution in [0.5, 0.6) is 0 Å². The molecule has 2 aromatic heterocycles. The Kier molecular flexibility index (Phi) is 3.27. The lowest BCUT2D eigenvalue weighted by molar-refractivity contribution is 0.996. The number of H-pyrrole nitrogens is 1. The van der Waals surface area contributed by atoms with Crippen molar-refractivity contribution in [2.24, 2.45) is 0 Å². The van der Waals surface area contributed by atoms with E-state index in [0.717, 1.165) is 47.0 Å². The first-order valence-electron chi connectivity index (χ1n) is 6.23. The van der Waals surface area contributed by atoms with E-state index in [1.165, 1.54) is 0 Å². The van der Waals surface area contributed by atoms with Gasteiger partial charge >= 0.3 is 0 Å². The topological polar surface area (TPSA) is 45.8 Å². The van der Waals surface area contributed by atoms with E-state index < -0.39 is 0 Å². The number of hydrogen-bond donors (Lipinski definition) is 1. The van der Waals surface area contributed by atoms with Crippen LogP contribution in [0.4, 0.5) is 0 Å². The molecular weight excluding hydrogens is 212 g/mol. The molecule has 0 spiro atoms. The molecule has 3 heteroatoms. The van der Waals surface area contributed by atoms with Gasteiger partial charge in [-0.3, -0.25) is 9.78 Å². The van der Waals surface area contributed by atoms with Gasteiger partial charge in [0, 0.05) is 11.8 Å². The maximum atomic E-state index is 12.0. The zero-order chi connectivity index (χ0) is 12.4. The smallest absolute Gasteiger partial charge is 0.251 e.